The average Bonchev–Trinajstić information content (AvgIpc) is 3.15. The van der Waals surface area contributed by atoms with E-state index >= 15 is 0 Å². The third-order valence-corrected chi connectivity index (χ3v) is 5.04. The van der Waals surface area contributed by atoms with Gasteiger partial charge in [0.15, 0.2) is 5.16 Å². The number of hydrogen-bond acceptors (Lipinski definition) is 5. The molecule has 27 heavy (non-hydrogen) atoms. The molecule has 3 rings (SSSR count). The first-order valence-corrected chi connectivity index (χ1v) is 9.69. The molecule has 0 fully saturated rings. The van der Waals surface area contributed by atoms with Gasteiger partial charge in [-0.1, -0.05) is 36.9 Å². The Morgan fingerprint density at radius 1 is 1.26 bits per heavy atom. The summed E-state index contributed by atoms with van der Waals surface area (Å²) < 4.78 is 3.35. The van der Waals surface area contributed by atoms with Crippen molar-refractivity contribution in [3.63, 3.8) is 0 Å². The summed E-state index contributed by atoms with van der Waals surface area (Å²) in [6.07, 6.45) is 0.816. The number of H-pyrrole nitrogens is 1. The average molecular weight is 386 g/mol. The lowest BCUT2D eigenvalue weighted by atomic mass is 10.3. The van der Waals surface area contributed by atoms with E-state index in [0.717, 1.165) is 23.5 Å². The van der Waals surface area contributed by atoms with Gasteiger partial charge in [0.2, 0.25) is 5.91 Å². The van der Waals surface area contributed by atoms with E-state index in [2.05, 4.69) is 20.6 Å². The quantitative estimate of drug-likeness (QED) is 0.608. The Bertz CT molecular complexity index is 989. The first-order valence-electron chi connectivity index (χ1n) is 8.70. The predicted molar refractivity (Wildman–Crippen MR) is 106 cm³/mol. The predicted octanol–water partition coefficient (Wildman–Crippen LogP) is 2.51. The van der Waals surface area contributed by atoms with Crippen LogP contribution in [0.2, 0.25) is 0 Å². The molecule has 2 N–H and O–H groups in total. The van der Waals surface area contributed by atoms with E-state index in [1.807, 2.05) is 55.8 Å². The monoisotopic (exact) mass is 386 g/mol. The number of rotatable bonds is 7. The molecule has 0 aliphatic heterocycles. The van der Waals surface area contributed by atoms with Gasteiger partial charge < -0.3 is 5.32 Å². The van der Waals surface area contributed by atoms with Gasteiger partial charge in [-0.2, -0.15) is 5.10 Å². The van der Waals surface area contributed by atoms with E-state index in [-0.39, 0.29) is 17.3 Å². The summed E-state index contributed by atoms with van der Waals surface area (Å²) >= 11 is 1.23. The highest BCUT2D eigenvalue weighted by molar-refractivity contribution is 7.99. The molecule has 0 aliphatic rings. The molecular weight excluding hydrogens is 364 g/mol. The number of thioether (sulfide) groups is 1. The van der Waals surface area contributed by atoms with Gasteiger partial charge in [0, 0.05) is 6.54 Å². The van der Waals surface area contributed by atoms with Crippen molar-refractivity contribution in [1.29, 1.82) is 0 Å². The fraction of sp³-hybridized carbons (Fsp3) is 0.333. The molecule has 0 spiro atoms. The van der Waals surface area contributed by atoms with Crippen LogP contribution in [-0.2, 0) is 11.3 Å². The first kappa shape index (κ1) is 19.0. The Hall–Kier alpha value is -2.81. The lowest BCUT2D eigenvalue weighted by Crippen LogP contribution is -2.19. The van der Waals surface area contributed by atoms with E-state index in [1.54, 1.807) is 4.57 Å². The van der Waals surface area contributed by atoms with E-state index in [1.165, 1.54) is 11.8 Å². The summed E-state index contributed by atoms with van der Waals surface area (Å²) in [5, 5.41) is 14.4. The molecule has 1 amide bonds. The summed E-state index contributed by atoms with van der Waals surface area (Å²) in [5.74, 6) is -0.0130. The van der Waals surface area contributed by atoms with Crippen LogP contribution in [0.4, 0.5) is 5.69 Å². The zero-order chi connectivity index (χ0) is 19.4. The van der Waals surface area contributed by atoms with Crippen LogP contribution in [-0.4, -0.2) is 36.2 Å². The molecule has 0 aliphatic carbocycles. The van der Waals surface area contributed by atoms with Crippen LogP contribution in [0.15, 0.2) is 40.3 Å². The van der Waals surface area contributed by atoms with E-state index in [4.69, 9.17) is 0 Å². The third kappa shape index (κ3) is 4.13. The Labute approximate surface area is 161 Å². The molecule has 0 bridgehead atoms. The Kier molecular flexibility index (Phi) is 5.80. The summed E-state index contributed by atoms with van der Waals surface area (Å²) in [6.45, 7) is 6.34. The summed E-state index contributed by atoms with van der Waals surface area (Å²) in [4.78, 5) is 24.1. The first-order chi connectivity index (χ1) is 13.0. The molecule has 3 aromatic rings. The number of aromatic nitrogens is 5. The van der Waals surface area contributed by atoms with E-state index < -0.39 is 0 Å². The lowest BCUT2D eigenvalue weighted by Gasteiger charge is -2.07. The number of carbonyl (C=O) groups is 1. The Morgan fingerprint density at radius 2 is 2.00 bits per heavy atom. The van der Waals surface area contributed by atoms with Crippen LogP contribution in [0.25, 0.3) is 5.69 Å². The van der Waals surface area contributed by atoms with Crippen molar-refractivity contribution in [1.82, 2.24) is 24.5 Å². The zero-order valence-corrected chi connectivity index (χ0v) is 16.3. The van der Waals surface area contributed by atoms with Crippen LogP contribution in [0.3, 0.4) is 0 Å². The fourth-order valence-electron chi connectivity index (χ4n) is 2.78. The minimum atomic E-state index is -0.254. The van der Waals surface area contributed by atoms with Gasteiger partial charge in [-0.25, -0.2) is 14.6 Å². The molecule has 2 aromatic heterocycles. The van der Waals surface area contributed by atoms with Crippen molar-refractivity contribution in [3.05, 3.63) is 52.2 Å². The van der Waals surface area contributed by atoms with E-state index in [9.17, 15) is 9.59 Å². The van der Waals surface area contributed by atoms with Crippen molar-refractivity contribution < 1.29 is 4.79 Å². The molecule has 0 saturated heterocycles. The second-order valence-electron chi connectivity index (χ2n) is 6.09. The number of anilines is 1. The third-order valence-electron chi connectivity index (χ3n) is 4.06. The van der Waals surface area contributed by atoms with Crippen molar-refractivity contribution in [2.45, 2.75) is 38.9 Å². The lowest BCUT2D eigenvalue weighted by molar-refractivity contribution is -0.113. The molecule has 9 heteroatoms. The van der Waals surface area contributed by atoms with Crippen molar-refractivity contribution in [2.75, 3.05) is 11.1 Å². The van der Waals surface area contributed by atoms with Gasteiger partial charge in [0.25, 0.3) is 0 Å². The van der Waals surface area contributed by atoms with Gasteiger partial charge in [-0.3, -0.25) is 9.36 Å². The smallest absolute Gasteiger partial charge is 0.322 e. The van der Waals surface area contributed by atoms with Gasteiger partial charge in [0.05, 0.1) is 28.5 Å². The Balaban J connectivity index is 1.70. The second kappa shape index (κ2) is 8.26. The maximum Gasteiger partial charge on any atom is 0.343 e. The van der Waals surface area contributed by atoms with Gasteiger partial charge in [0.1, 0.15) is 0 Å². The summed E-state index contributed by atoms with van der Waals surface area (Å²) in [7, 11) is 0. The number of para-hydroxylation sites is 1. The highest BCUT2D eigenvalue weighted by Crippen LogP contribution is 2.23. The van der Waals surface area contributed by atoms with E-state index in [0.29, 0.717) is 17.4 Å². The molecule has 0 unspecified atom stereocenters. The molecule has 0 saturated carbocycles. The minimum absolute atomic E-state index is 0.156. The topological polar surface area (TPSA) is 97.6 Å². The highest BCUT2D eigenvalue weighted by Gasteiger charge is 2.16. The molecule has 142 valence electrons. The SMILES string of the molecule is CCCn1c(SCC(=O)Nc2c(C)nn(-c3ccccc3)c2C)n[nH]c1=O. The number of nitrogens with one attached hydrogen (secondary N) is 2. The van der Waals surface area contributed by atoms with Crippen LogP contribution in [0.5, 0.6) is 0 Å². The molecular formula is C18H22N6O2S. The van der Waals surface area contributed by atoms with Crippen LogP contribution in [0.1, 0.15) is 24.7 Å². The summed E-state index contributed by atoms with van der Waals surface area (Å²) in [5.41, 5.74) is 3.00. The standard InChI is InChI=1S/C18H22N6O2S/c1-4-10-23-17(26)20-21-18(23)27-11-15(25)19-16-12(2)22-24(13(16)3)14-8-6-5-7-9-14/h5-9H,4,10-11H2,1-3H3,(H,19,25)(H,20,26). The second-order valence-corrected chi connectivity index (χ2v) is 7.04. The van der Waals surface area contributed by atoms with Crippen LogP contribution in [0, 0.1) is 13.8 Å². The number of aromatic amines is 1. The fourth-order valence-corrected chi connectivity index (χ4v) is 3.56. The number of nitrogens with zero attached hydrogens (tertiary/aromatic N) is 4. The van der Waals surface area contributed by atoms with Crippen molar-refractivity contribution >= 4 is 23.4 Å². The number of carbonyl (C=O) groups excluding carboxylic acids is 1. The van der Waals surface area contributed by atoms with Crippen LogP contribution >= 0.6 is 11.8 Å². The van der Waals surface area contributed by atoms with Gasteiger partial charge in [-0.15, -0.1) is 5.10 Å². The van der Waals surface area contributed by atoms with Crippen molar-refractivity contribution in [3.8, 4) is 5.69 Å². The van der Waals surface area contributed by atoms with Crippen molar-refractivity contribution in [2.24, 2.45) is 0 Å². The molecule has 0 atom stereocenters. The molecule has 2 heterocycles. The number of benzene rings is 1. The molecule has 0 radical (unpaired) electrons. The summed E-state index contributed by atoms with van der Waals surface area (Å²) in [6, 6.07) is 9.76. The minimum Gasteiger partial charge on any atom is -0.322 e. The number of aryl methyl sites for hydroxylation is 1. The van der Waals surface area contributed by atoms with Gasteiger partial charge in [-0.05, 0) is 32.4 Å². The molecule has 8 nitrogen and oxygen atoms in total. The Morgan fingerprint density at radius 3 is 2.70 bits per heavy atom. The van der Waals surface area contributed by atoms with Crippen LogP contribution < -0.4 is 11.0 Å². The maximum absolute atomic E-state index is 12.4. The maximum atomic E-state index is 12.4. The number of hydrogen-bond donors (Lipinski definition) is 2. The normalized spacial score (nSPS) is 10.9. The molecule has 1 aromatic carbocycles. The highest BCUT2D eigenvalue weighted by atomic mass is 32.2. The van der Waals surface area contributed by atoms with Gasteiger partial charge >= 0.3 is 5.69 Å². The largest absolute Gasteiger partial charge is 0.343 e. The zero-order valence-electron chi connectivity index (χ0n) is 15.5. The number of amides is 1.